The summed E-state index contributed by atoms with van der Waals surface area (Å²) in [6.45, 7) is 0. The monoisotopic (exact) mass is 376 g/mol. The van der Waals surface area contributed by atoms with Crippen LogP contribution in [0.1, 0.15) is 20.7 Å². The van der Waals surface area contributed by atoms with Crippen molar-refractivity contribution in [2.24, 2.45) is 0 Å². The zero-order valence-corrected chi connectivity index (χ0v) is 14.7. The zero-order valence-electron chi connectivity index (χ0n) is 13.9. The maximum Gasteiger partial charge on any atom is 0.335 e. The Morgan fingerprint density at radius 3 is 2.19 bits per heavy atom. The van der Waals surface area contributed by atoms with E-state index in [0.29, 0.717) is 22.7 Å². The Morgan fingerprint density at radius 2 is 1.62 bits per heavy atom. The highest BCUT2D eigenvalue weighted by Crippen LogP contribution is 2.28. The number of fused-ring (bicyclic) bond motifs is 1. The highest BCUT2D eigenvalue weighted by molar-refractivity contribution is 7.16. The number of nitrogen functional groups attached to an aromatic ring is 1. The number of ether oxygens (including phenoxy) is 2. The second-order valence-corrected chi connectivity index (χ2v) is 5.83. The van der Waals surface area contributed by atoms with Crippen molar-refractivity contribution in [3.05, 3.63) is 47.0 Å². The molecule has 0 radical (unpaired) electrons. The van der Waals surface area contributed by atoms with Crippen molar-refractivity contribution in [3.63, 3.8) is 0 Å². The number of aromatic nitrogens is 1. The number of aromatic carboxylic acids is 2. The lowest BCUT2D eigenvalue weighted by Gasteiger charge is -2.03. The zero-order chi connectivity index (χ0) is 19.3. The molecule has 0 atom stereocenters. The Kier molecular flexibility index (Phi) is 5.97. The van der Waals surface area contributed by atoms with Gasteiger partial charge in [0.1, 0.15) is 17.0 Å². The summed E-state index contributed by atoms with van der Waals surface area (Å²) in [5, 5.41) is 17.4. The smallest absolute Gasteiger partial charge is 0.335 e. The summed E-state index contributed by atoms with van der Waals surface area (Å²) in [6.07, 6.45) is 0. The Labute approximate surface area is 152 Å². The molecule has 0 fully saturated rings. The van der Waals surface area contributed by atoms with Crippen LogP contribution < -0.4 is 15.2 Å². The number of methoxy groups -OCH3 is 2. The van der Waals surface area contributed by atoms with Gasteiger partial charge in [-0.05, 0) is 30.3 Å². The molecule has 0 unspecified atom stereocenters. The van der Waals surface area contributed by atoms with E-state index in [1.807, 2.05) is 0 Å². The van der Waals surface area contributed by atoms with Crippen LogP contribution in [0, 0.1) is 0 Å². The van der Waals surface area contributed by atoms with Crippen LogP contribution in [0.15, 0.2) is 35.8 Å². The number of rotatable bonds is 4. The average Bonchev–Trinajstić information content (AvgIpc) is 3.10. The number of nitrogens with two attached hydrogens (primary N) is 1. The molecule has 0 saturated carbocycles. The number of carboxylic acid groups (broad SMARTS) is 2. The maximum atomic E-state index is 10.8. The third-order valence-electron chi connectivity index (χ3n) is 3.35. The van der Waals surface area contributed by atoms with Gasteiger partial charge < -0.3 is 25.4 Å². The van der Waals surface area contributed by atoms with Gasteiger partial charge in [0.25, 0.3) is 0 Å². The number of benzene rings is 2. The third kappa shape index (κ3) is 4.19. The van der Waals surface area contributed by atoms with E-state index in [2.05, 4.69) is 4.98 Å². The summed E-state index contributed by atoms with van der Waals surface area (Å²) in [5.74, 6) is -1.07. The molecule has 4 N–H and O–H groups in total. The Balaban J connectivity index is 0.000000190. The predicted octanol–water partition coefficient (Wildman–Crippen LogP) is 2.98. The van der Waals surface area contributed by atoms with Crippen LogP contribution in [0.2, 0.25) is 0 Å². The number of carboxylic acids is 2. The number of hydrogen-bond donors (Lipinski definition) is 3. The van der Waals surface area contributed by atoms with Gasteiger partial charge in [-0.15, -0.1) is 11.3 Å². The quantitative estimate of drug-likeness (QED) is 0.592. The van der Waals surface area contributed by atoms with Crippen LogP contribution in [0.5, 0.6) is 11.5 Å². The van der Waals surface area contributed by atoms with Gasteiger partial charge >= 0.3 is 11.9 Å². The SMILES string of the molecule is COc1cc(C(=O)O)cc2scnc12.COc1cc(C(=O)O)ccc1N. The number of hydrogen-bond acceptors (Lipinski definition) is 7. The van der Waals surface area contributed by atoms with Crippen LogP contribution in [-0.4, -0.2) is 41.4 Å². The third-order valence-corrected chi connectivity index (χ3v) is 4.12. The van der Waals surface area contributed by atoms with Crippen LogP contribution >= 0.6 is 11.3 Å². The van der Waals surface area contributed by atoms with Gasteiger partial charge in [-0.3, -0.25) is 0 Å². The largest absolute Gasteiger partial charge is 0.495 e. The predicted molar refractivity (Wildman–Crippen MR) is 97.5 cm³/mol. The fourth-order valence-electron chi connectivity index (χ4n) is 2.06. The lowest BCUT2D eigenvalue weighted by atomic mass is 10.2. The van der Waals surface area contributed by atoms with E-state index in [-0.39, 0.29) is 11.1 Å². The first-order chi connectivity index (χ1) is 12.4. The molecule has 0 saturated heterocycles. The van der Waals surface area contributed by atoms with Crippen molar-refractivity contribution in [3.8, 4) is 11.5 Å². The molecule has 0 aliphatic heterocycles. The van der Waals surface area contributed by atoms with Crippen molar-refractivity contribution >= 4 is 39.2 Å². The molecule has 0 amide bonds. The molecular formula is C17H16N2O6S. The van der Waals surface area contributed by atoms with Gasteiger partial charge in [0, 0.05) is 0 Å². The average molecular weight is 376 g/mol. The Bertz CT molecular complexity index is 954. The van der Waals surface area contributed by atoms with E-state index < -0.39 is 11.9 Å². The van der Waals surface area contributed by atoms with E-state index in [1.54, 1.807) is 11.6 Å². The van der Waals surface area contributed by atoms with Gasteiger partial charge in [-0.25, -0.2) is 14.6 Å². The number of anilines is 1. The van der Waals surface area contributed by atoms with Gasteiger partial charge in [0.05, 0.1) is 41.2 Å². The molecule has 0 aliphatic rings. The van der Waals surface area contributed by atoms with Crippen molar-refractivity contribution in [1.82, 2.24) is 4.98 Å². The van der Waals surface area contributed by atoms with Gasteiger partial charge in [-0.2, -0.15) is 0 Å². The van der Waals surface area contributed by atoms with Crippen LogP contribution in [0.25, 0.3) is 10.2 Å². The minimum atomic E-state index is -0.992. The molecule has 1 aromatic heterocycles. The summed E-state index contributed by atoms with van der Waals surface area (Å²) < 4.78 is 10.7. The second kappa shape index (κ2) is 8.17. The molecular weight excluding hydrogens is 360 g/mol. The fourth-order valence-corrected chi connectivity index (χ4v) is 2.79. The summed E-state index contributed by atoms with van der Waals surface area (Å²) in [6, 6.07) is 7.39. The van der Waals surface area contributed by atoms with Crippen molar-refractivity contribution < 1.29 is 29.3 Å². The molecule has 8 nitrogen and oxygen atoms in total. The summed E-state index contributed by atoms with van der Waals surface area (Å²) in [5.41, 5.74) is 8.68. The molecule has 9 heteroatoms. The van der Waals surface area contributed by atoms with Crippen molar-refractivity contribution in [2.45, 2.75) is 0 Å². The molecule has 0 aliphatic carbocycles. The van der Waals surface area contributed by atoms with Gasteiger partial charge in [-0.1, -0.05) is 0 Å². The van der Waals surface area contributed by atoms with Gasteiger partial charge in [0.15, 0.2) is 0 Å². The summed E-state index contributed by atoms with van der Waals surface area (Å²) in [4.78, 5) is 25.3. The van der Waals surface area contributed by atoms with Gasteiger partial charge in [0.2, 0.25) is 0 Å². The van der Waals surface area contributed by atoms with Crippen molar-refractivity contribution in [2.75, 3.05) is 20.0 Å². The van der Waals surface area contributed by atoms with E-state index >= 15 is 0 Å². The molecule has 1 heterocycles. The minimum Gasteiger partial charge on any atom is -0.495 e. The normalized spacial score (nSPS) is 9.92. The first-order valence-electron chi connectivity index (χ1n) is 7.18. The lowest BCUT2D eigenvalue weighted by molar-refractivity contribution is 0.0686. The Hall–Kier alpha value is -3.33. The molecule has 0 spiro atoms. The highest BCUT2D eigenvalue weighted by atomic mass is 32.1. The first kappa shape index (κ1) is 19.0. The van der Waals surface area contributed by atoms with Crippen LogP contribution in [0.4, 0.5) is 5.69 Å². The minimum absolute atomic E-state index is 0.168. The first-order valence-corrected chi connectivity index (χ1v) is 8.06. The molecule has 0 bridgehead atoms. The molecule has 136 valence electrons. The van der Waals surface area contributed by atoms with E-state index in [9.17, 15) is 9.59 Å². The van der Waals surface area contributed by atoms with Crippen molar-refractivity contribution in [1.29, 1.82) is 0 Å². The van der Waals surface area contributed by atoms with E-state index in [0.717, 1.165) is 4.70 Å². The maximum absolute atomic E-state index is 10.8. The molecule has 3 rings (SSSR count). The Morgan fingerprint density at radius 1 is 1.00 bits per heavy atom. The number of nitrogens with zero attached hydrogens (tertiary/aromatic N) is 1. The second-order valence-electron chi connectivity index (χ2n) is 4.94. The van der Waals surface area contributed by atoms with Crippen LogP contribution in [-0.2, 0) is 0 Å². The molecule has 26 heavy (non-hydrogen) atoms. The van der Waals surface area contributed by atoms with E-state index in [1.165, 1.54) is 49.8 Å². The topological polar surface area (TPSA) is 132 Å². The number of thiazole rings is 1. The lowest BCUT2D eigenvalue weighted by Crippen LogP contribution is -1.99. The molecule has 3 aromatic rings. The summed E-state index contributed by atoms with van der Waals surface area (Å²) >= 11 is 1.39. The summed E-state index contributed by atoms with van der Waals surface area (Å²) in [7, 11) is 2.94. The fraction of sp³-hybridized carbons (Fsp3) is 0.118. The standard InChI is InChI=1S/C9H7NO3S.C8H9NO3/c1-13-6-2-5(9(11)12)3-7-8(6)10-4-14-7;1-12-7-4-5(8(10)11)2-3-6(7)9/h2-4H,1H3,(H,11,12);2-4H,9H2,1H3,(H,10,11). The number of carbonyl (C=O) groups is 2. The van der Waals surface area contributed by atoms with E-state index in [4.69, 9.17) is 25.4 Å². The molecule has 2 aromatic carbocycles. The highest BCUT2D eigenvalue weighted by Gasteiger charge is 2.11. The van der Waals surface area contributed by atoms with Crippen LogP contribution in [0.3, 0.4) is 0 Å².